The smallest absolute Gasteiger partial charge is 0.308 e. The molecule has 3 atom stereocenters. The van der Waals surface area contributed by atoms with E-state index in [9.17, 15) is 13.2 Å². The third-order valence-electron chi connectivity index (χ3n) is 7.60. The van der Waals surface area contributed by atoms with Gasteiger partial charge in [-0.3, -0.25) is 15.0 Å². The fourth-order valence-corrected chi connectivity index (χ4v) is 6.53. The maximum atomic E-state index is 13.3. The maximum Gasteiger partial charge on any atom is 0.308 e. The van der Waals surface area contributed by atoms with Gasteiger partial charge in [0.1, 0.15) is 0 Å². The van der Waals surface area contributed by atoms with Gasteiger partial charge in [-0.15, -0.1) is 12.4 Å². The molecule has 9 heteroatoms. The second-order valence-electron chi connectivity index (χ2n) is 10.2. The third-order valence-corrected chi connectivity index (χ3v) is 9.43. The molecule has 7 nitrogen and oxygen atoms in total. The number of hydrogen-bond donors (Lipinski definition) is 1. The zero-order valence-electron chi connectivity index (χ0n) is 23.2. The average molecular weight is 586 g/mol. The number of halogens is 1. The molecule has 3 aromatic carbocycles. The predicted molar refractivity (Wildman–Crippen MR) is 161 cm³/mol. The van der Waals surface area contributed by atoms with Gasteiger partial charge in [-0.05, 0) is 48.4 Å². The van der Waals surface area contributed by atoms with Crippen molar-refractivity contribution in [3.05, 3.63) is 102 Å². The summed E-state index contributed by atoms with van der Waals surface area (Å²) in [5.41, 5.74) is 2.30. The number of nitrogens with one attached hydrogen (secondary N) is 1. The number of nitrogens with zero attached hydrogens (tertiary/aromatic N) is 2. The van der Waals surface area contributed by atoms with Crippen LogP contribution in [-0.2, 0) is 26.1 Å². The molecule has 3 aromatic rings. The Morgan fingerprint density at radius 2 is 1.60 bits per heavy atom. The van der Waals surface area contributed by atoms with Crippen molar-refractivity contribution in [2.75, 3.05) is 33.8 Å². The summed E-state index contributed by atoms with van der Waals surface area (Å²) in [5.74, 6) is -0.273. The molecule has 1 aliphatic rings. The minimum Gasteiger partial charge on any atom is -0.469 e. The number of benzene rings is 3. The summed E-state index contributed by atoms with van der Waals surface area (Å²) < 4.78 is 33.1. The van der Waals surface area contributed by atoms with Crippen molar-refractivity contribution in [2.45, 2.75) is 42.8 Å². The van der Waals surface area contributed by atoms with Crippen molar-refractivity contribution in [2.24, 2.45) is 5.92 Å². The molecule has 216 valence electrons. The van der Waals surface area contributed by atoms with Crippen LogP contribution in [0.15, 0.2) is 95.9 Å². The summed E-state index contributed by atoms with van der Waals surface area (Å²) in [6.45, 7) is 2.63. The first-order chi connectivity index (χ1) is 18.9. The van der Waals surface area contributed by atoms with Crippen molar-refractivity contribution in [3.63, 3.8) is 0 Å². The lowest BCUT2D eigenvalue weighted by molar-refractivity contribution is -0.148. The second-order valence-corrected chi connectivity index (χ2v) is 12.2. The molecule has 0 aromatic heterocycles. The van der Waals surface area contributed by atoms with E-state index in [0.29, 0.717) is 24.4 Å². The highest BCUT2D eigenvalue weighted by molar-refractivity contribution is 7.89. The van der Waals surface area contributed by atoms with Gasteiger partial charge in [0.05, 0.1) is 24.1 Å². The standard InChI is InChI=1S/C31H39N3O4S.ClH/c1-33(39(36,37)29-16-10-5-11-17-29)24-28(26-14-8-4-9-15-26)19-21-34-20-18-27(31(35)38-2)22-30(34)32-23-25-12-6-3-7-13-25;/h3-17,27-28,30,32H,18-24H2,1-2H3;1H. The first-order valence-electron chi connectivity index (χ1n) is 13.5. The minimum atomic E-state index is -3.60. The van der Waals surface area contributed by atoms with Gasteiger partial charge >= 0.3 is 5.97 Å². The molecular formula is C31H40ClN3O4S. The Kier molecular flexibility index (Phi) is 12.2. The van der Waals surface area contributed by atoms with Crippen LogP contribution in [0.2, 0.25) is 0 Å². The van der Waals surface area contributed by atoms with Crippen LogP contribution in [0, 0.1) is 5.92 Å². The molecule has 0 aliphatic carbocycles. The number of likely N-dealkylation sites (tertiary alicyclic amines) is 1. The third kappa shape index (κ3) is 8.38. The molecule has 4 rings (SSSR count). The van der Waals surface area contributed by atoms with E-state index in [1.54, 1.807) is 31.3 Å². The van der Waals surface area contributed by atoms with E-state index in [2.05, 4.69) is 34.5 Å². The van der Waals surface area contributed by atoms with E-state index in [-0.39, 0.29) is 36.4 Å². The summed E-state index contributed by atoms with van der Waals surface area (Å²) in [5, 5.41) is 3.66. The molecular weight excluding hydrogens is 546 g/mol. The van der Waals surface area contributed by atoms with Crippen LogP contribution < -0.4 is 5.32 Å². The Bertz CT molecular complexity index is 1280. The lowest BCUT2D eigenvalue weighted by Crippen LogP contribution is -2.52. The maximum absolute atomic E-state index is 13.3. The van der Waals surface area contributed by atoms with Gasteiger partial charge in [-0.1, -0.05) is 78.9 Å². The molecule has 40 heavy (non-hydrogen) atoms. The Morgan fingerprint density at radius 1 is 1.00 bits per heavy atom. The van der Waals surface area contributed by atoms with Crippen LogP contribution in [0.5, 0.6) is 0 Å². The highest BCUT2D eigenvalue weighted by Crippen LogP contribution is 2.28. The predicted octanol–water partition coefficient (Wildman–Crippen LogP) is 4.90. The first-order valence-corrected chi connectivity index (χ1v) is 15.0. The Balaban J connectivity index is 0.00000441. The number of rotatable bonds is 12. The number of likely N-dealkylation sites (N-methyl/N-ethyl adjacent to an activating group) is 1. The van der Waals surface area contributed by atoms with E-state index < -0.39 is 10.0 Å². The van der Waals surface area contributed by atoms with E-state index in [0.717, 1.165) is 31.5 Å². The highest BCUT2D eigenvalue weighted by Gasteiger charge is 2.33. The van der Waals surface area contributed by atoms with E-state index in [1.165, 1.54) is 17.0 Å². The van der Waals surface area contributed by atoms with Crippen LogP contribution in [0.3, 0.4) is 0 Å². The van der Waals surface area contributed by atoms with Gasteiger partial charge in [-0.2, -0.15) is 0 Å². The number of hydrogen-bond acceptors (Lipinski definition) is 6. The van der Waals surface area contributed by atoms with Crippen LogP contribution in [-0.4, -0.2) is 63.5 Å². The second kappa shape index (κ2) is 15.3. The molecule has 1 N–H and O–H groups in total. The fourth-order valence-electron chi connectivity index (χ4n) is 5.30. The van der Waals surface area contributed by atoms with E-state index >= 15 is 0 Å². The van der Waals surface area contributed by atoms with Gasteiger partial charge in [0, 0.05) is 33.2 Å². The first kappa shape index (κ1) is 31.8. The summed E-state index contributed by atoms with van der Waals surface area (Å²) in [6.07, 6.45) is 2.22. The average Bonchev–Trinajstić information content (AvgIpc) is 2.99. The number of methoxy groups -OCH3 is 1. The molecule has 1 saturated heterocycles. The van der Waals surface area contributed by atoms with Crippen molar-refractivity contribution in [1.82, 2.24) is 14.5 Å². The van der Waals surface area contributed by atoms with Crippen molar-refractivity contribution >= 4 is 28.4 Å². The van der Waals surface area contributed by atoms with Gasteiger partial charge in [-0.25, -0.2) is 12.7 Å². The molecule has 1 aliphatic heterocycles. The van der Waals surface area contributed by atoms with Crippen LogP contribution in [0.4, 0.5) is 0 Å². The SMILES string of the molecule is COC(=O)C1CCN(CCC(CN(C)S(=O)(=O)c2ccccc2)c2ccccc2)C(NCc2ccccc2)C1.Cl. The molecule has 0 bridgehead atoms. The van der Waals surface area contributed by atoms with Crippen LogP contribution in [0.25, 0.3) is 0 Å². The number of ether oxygens (including phenoxy) is 1. The van der Waals surface area contributed by atoms with Gasteiger partial charge in [0.25, 0.3) is 0 Å². The van der Waals surface area contributed by atoms with Crippen LogP contribution >= 0.6 is 12.4 Å². The topological polar surface area (TPSA) is 79.0 Å². The summed E-state index contributed by atoms with van der Waals surface area (Å²) in [6, 6.07) is 28.9. The largest absolute Gasteiger partial charge is 0.469 e. The normalized spacial score (nSPS) is 18.6. The molecule has 0 saturated carbocycles. The monoisotopic (exact) mass is 585 g/mol. The number of piperidine rings is 1. The number of carbonyl (C=O) groups is 1. The minimum absolute atomic E-state index is 0. The quantitative estimate of drug-likeness (QED) is 0.305. The fraction of sp³-hybridized carbons (Fsp3) is 0.387. The Morgan fingerprint density at radius 3 is 2.23 bits per heavy atom. The summed E-state index contributed by atoms with van der Waals surface area (Å²) in [7, 11) is -0.492. The lowest BCUT2D eigenvalue weighted by atomic mass is 9.92. The Hall–Kier alpha value is -2.75. The highest BCUT2D eigenvalue weighted by atomic mass is 35.5. The van der Waals surface area contributed by atoms with E-state index in [4.69, 9.17) is 4.74 Å². The zero-order chi connectivity index (χ0) is 27.7. The van der Waals surface area contributed by atoms with Gasteiger partial charge < -0.3 is 4.74 Å². The summed E-state index contributed by atoms with van der Waals surface area (Å²) >= 11 is 0. The van der Waals surface area contributed by atoms with Gasteiger partial charge in [0.15, 0.2) is 0 Å². The van der Waals surface area contributed by atoms with Crippen molar-refractivity contribution in [3.8, 4) is 0 Å². The lowest BCUT2D eigenvalue weighted by Gasteiger charge is -2.40. The number of sulfonamides is 1. The zero-order valence-corrected chi connectivity index (χ0v) is 24.8. The molecule has 3 unspecified atom stereocenters. The Labute approximate surface area is 245 Å². The molecule has 1 heterocycles. The molecule has 0 amide bonds. The van der Waals surface area contributed by atoms with Gasteiger partial charge in [0.2, 0.25) is 10.0 Å². The van der Waals surface area contributed by atoms with Crippen LogP contribution in [0.1, 0.15) is 36.3 Å². The summed E-state index contributed by atoms with van der Waals surface area (Å²) in [4.78, 5) is 15.0. The number of esters is 1. The molecule has 0 radical (unpaired) electrons. The molecule has 1 fully saturated rings. The molecule has 0 spiro atoms. The number of carbonyl (C=O) groups excluding carboxylic acids is 1. The van der Waals surface area contributed by atoms with Crippen molar-refractivity contribution < 1.29 is 17.9 Å². The van der Waals surface area contributed by atoms with Crippen molar-refractivity contribution in [1.29, 1.82) is 0 Å². The van der Waals surface area contributed by atoms with E-state index in [1.807, 2.05) is 42.5 Å².